The highest BCUT2D eigenvalue weighted by Crippen LogP contribution is 2.31. The Balaban J connectivity index is 3.32. The Kier molecular flexibility index (Phi) is 4.19. The van der Waals surface area contributed by atoms with E-state index in [9.17, 15) is 13.6 Å². The minimum absolute atomic E-state index is 0.00495. The zero-order valence-corrected chi connectivity index (χ0v) is 9.37. The molecule has 0 aliphatic heterocycles. The normalized spacial score (nSPS) is 10.4. The number of halogens is 2. The topological polar surface area (TPSA) is 74.4 Å². The van der Waals surface area contributed by atoms with E-state index in [2.05, 4.69) is 4.98 Å². The quantitative estimate of drug-likeness (QED) is 0.820. The molecule has 0 amide bonds. The van der Waals surface area contributed by atoms with Crippen LogP contribution < -0.4 is 10.5 Å². The van der Waals surface area contributed by atoms with Gasteiger partial charge in [0, 0.05) is 0 Å². The molecule has 0 aliphatic carbocycles. The number of aromatic nitrogens is 1. The third kappa shape index (κ3) is 2.61. The molecule has 0 saturated heterocycles. The molecule has 0 bridgehead atoms. The predicted molar refractivity (Wildman–Crippen MR) is 56.1 cm³/mol. The van der Waals surface area contributed by atoms with Crippen LogP contribution in [0.1, 0.15) is 29.4 Å². The lowest BCUT2D eigenvalue weighted by Gasteiger charge is -2.12. The number of esters is 1. The van der Waals surface area contributed by atoms with Crippen molar-refractivity contribution < 1.29 is 23.0 Å². The van der Waals surface area contributed by atoms with Gasteiger partial charge in [-0.25, -0.2) is 18.6 Å². The molecule has 0 atom stereocenters. The molecule has 17 heavy (non-hydrogen) atoms. The maximum Gasteiger partial charge on any atom is 0.344 e. The lowest BCUT2D eigenvalue weighted by atomic mass is 10.1. The number of anilines is 1. The Morgan fingerprint density at radius 1 is 1.59 bits per heavy atom. The summed E-state index contributed by atoms with van der Waals surface area (Å²) in [6.07, 6.45) is -1.85. The summed E-state index contributed by atoms with van der Waals surface area (Å²) in [5.41, 5.74) is 4.17. The largest absolute Gasteiger partial charge is 0.494 e. The van der Waals surface area contributed by atoms with E-state index in [0.717, 1.165) is 6.20 Å². The monoisotopic (exact) mass is 246 g/mol. The minimum atomic E-state index is -2.87. The van der Waals surface area contributed by atoms with Crippen molar-refractivity contribution in [2.24, 2.45) is 0 Å². The first-order valence-electron chi connectivity index (χ1n) is 4.80. The number of carbonyl (C=O) groups is 1. The molecule has 0 saturated carbocycles. The van der Waals surface area contributed by atoms with E-state index in [1.54, 1.807) is 6.92 Å². The number of pyridine rings is 1. The molecule has 1 aromatic rings. The van der Waals surface area contributed by atoms with Gasteiger partial charge >= 0.3 is 5.97 Å². The summed E-state index contributed by atoms with van der Waals surface area (Å²) in [5, 5.41) is 0. The Bertz CT molecular complexity index is 424. The molecular formula is C10H12F2N2O3. The first-order chi connectivity index (χ1) is 8.02. The van der Waals surface area contributed by atoms with Crippen molar-refractivity contribution in [3.63, 3.8) is 0 Å². The summed E-state index contributed by atoms with van der Waals surface area (Å²) >= 11 is 0. The SMILES string of the molecule is CCOC(=O)c1c(OC)cnc(C(F)F)c1N. The van der Waals surface area contributed by atoms with E-state index in [0.29, 0.717) is 0 Å². The van der Waals surface area contributed by atoms with Gasteiger partial charge in [-0.1, -0.05) is 0 Å². The Morgan fingerprint density at radius 3 is 2.71 bits per heavy atom. The van der Waals surface area contributed by atoms with Gasteiger partial charge in [0.05, 0.1) is 25.6 Å². The number of hydrogen-bond donors (Lipinski definition) is 1. The zero-order chi connectivity index (χ0) is 13.0. The van der Waals surface area contributed by atoms with Gasteiger partial charge in [0.15, 0.2) is 5.75 Å². The van der Waals surface area contributed by atoms with Crippen LogP contribution in [-0.2, 0) is 4.74 Å². The van der Waals surface area contributed by atoms with Gasteiger partial charge in [0.25, 0.3) is 6.43 Å². The van der Waals surface area contributed by atoms with E-state index in [1.807, 2.05) is 0 Å². The number of alkyl halides is 2. The number of ether oxygens (including phenoxy) is 2. The average molecular weight is 246 g/mol. The van der Waals surface area contributed by atoms with Gasteiger partial charge in [0.2, 0.25) is 0 Å². The maximum absolute atomic E-state index is 12.6. The van der Waals surface area contributed by atoms with Gasteiger partial charge in [-0.15, -0.1) is 0 Å². The Morgan fingerprint density at radius 2 is 2.24 bits per heavy atom. The standard InChI is InChI=1S/C10H12F2N2O3/c1-3-17-10(15)6-5(16-2)4-14-8(7(6)13)9(11)12/h4,9H,3,13H2,1-2H3. The number of rotatable bonds is 4. The van der Waals surface area contributed by atoms with Crippen LogP contribution in [0.5, 0.6) is 5.75 Å². The fourth-order valence-corrected chi connectivity index (χ4v) is 1.27. The van der Waals surface area contributed by atoms with Crippen LogP contribution in [0.4, 0.5) is 14.5 Å². The van der Waals surface area contributed by atoms with Gasteiger partial charge < -0.3 is 15.2 Å². The molecule has 0 aromatic carbocycles. The number of carbonyl (C=O) groups excluding carboxylic acids is 1. The smallest absolute Gasteiger partial charge is 0.344 e. The average Bonchev–Trinajstić information content (AvgIpc) is 2.27. The molecule has 0 radical (unpaired) electrons. The highest BCUT2D eigenvalue weighted by molar-refractivity contribution is 5.98. The second kappa shape index (κ2) is 5.42. The molecule has 0 spiro atoms. The maximum atomic E-state index is 12.6. The molecule has 1 heterocycles. The van der Waals surface area contributed by atoms with Crippen LogP contribution in [0.25, 0.3) is 0 Å². The second-order valence-corrected chi connectivity index (χ2v) is 3.02. The van der Waals surface area contributed by atoms with Crippen LogP contribution in [0.15, 0.2) is 6.20 Å². The number of methoxy groups -OCH3 is 1. The fraction of sp³-hybridized carbons (Fsp3) is 0.400. The molecule has 7 heteroatoms. The fourth-order valence-electron chi connectivity index (χ4n) is 1.27. The van der Waals surface area contributed by atoms with Crippen LogP contribution in [0.3, 0.4) is 0 Å². The van der Waals surface area contributed by atoms with E-state index in [1.165, 1.54) is 7.11 Å². The van der Waals surface area contributed by atoms with Crippen molar-refractivity contribution in [3.05, 3.63) is 17.5 Å². The van der Waals surface area contributed by atoms with Crippen LogP contribution in [0.2, 0.25) is 0 Å². The van der Waals surface area contributed by atoms with Gasteiger partial charge in [-0.2, -0.15) is 0 Å². The van der Waals surface area contributed by atoms with Crippen molar-refractivity contribution in [2.75, 3.05) is 19.5 Å². The molecule has 0 unspecified atom stereocenters. The molecular weight excluding hydrogens is 234 g/mol. The van der Waals surface area contributed by atoms with E-state index in [4.69, 9.17) is 15.2 Å². The Hall–Kier alpha value is -1.92. The first-order valence-corrected chi connectivity index (χ1v) is 4.80. The lowest BCUT2D eigenvalue weighted by molar-refractivity contribution is 0.0523. The summed E-state index contributed by atoms with van der Waals surface area (Å²) in [5.74, 6) is -0.809. The molecule has 0 aliphatic rings. The Labute approximate surface area is 96.5 Å². The highest BCUT2D eigenvalue weighted by atomic mass is 19.3. The minimum Gasteiger partial charge on any atom is -0.494 e. The summed E-state index contributed by atoms with van der Waals surface area (Å²) < 4.78 is 34.7. The van der Waals surface area contributed by atoms with Crippen LogP contribution in [-0.4, -0.2) is 24.7 Å². The van der Waals surface area contributed by atoms with Gasteiger partial charge in [0.1, 0.15) is 11.3 Å². The molecule has 0 fully saturated rings. The van der Waals surface area contributed by atoms with Crippen molar-refractivity contribution in [1.29, 1.82) is 0 Å². The van der Waals surface area contributed by atoms with Crippen LogP contribution >= 0.6 is 0 Å². The van der Waals surface area contributed by atoms with Crippen molar-refractivity contribution in [2.45, 2.75) is 13.3 Å². The molecule has 1 rings (SSSR count). The zero-order valence-electron chi connectivity index (χ0n) is 9.37. The van der Waals surface area contributed by atoms with Gasteiger partial charge in [-0.05, 0) is 6.92 Å². The third-order valence-electron chi connectivity index (χ3n) is 2.02. The lowest BCUT2D eigenvalue weighted by Crippen LogP contribution is -2.13. The van der Waals surface area contributed by atoms with Crippen LogP contribution in [0, 0.1) is 0 Å². The number of hydrogen-bond acceptors (Lipinski definition) is 5. The third-order valence-corrected chi connectivity index (χ3v) is 2.02. The molecule has 94 valence electrons. The summed E-state index contributed by atoms with van der Waals surface area (Å²) in [7, 11) is 1.28. The van der Waals surface area contributed by atoms with Crippen molar-refractivity contribution in [3.8, 4) is 5.75 Å². The molecule has 1 aromatic heterocycles. The summed E-state index contributed by atoms with van der Waals surface area (Å²) in [6, 6.07) is 0. The number of nitrogens with zero attached hydrogens (tertiary/aromatic N) is 1. The van der Waals surface area contributed by atoms with Crippen molar-refractivity contribution >= 4 is 11.7 Å². The van der Waals surface area contributed by atoms with E-state index >= 15 is 0 Å². The van der Waals surface area contributed by atoms with Gasteiger partial charge in [-0.3, -0.25) is 0 Å². The number of nitrogens with two attached hydrogens (primary N) is 1. The molecule has 2 N–H and O–H groups in total. The van der Waals surface area contributed by atoms with E-state index < -0.39 is 23.8 Å². The van der Waals surface area contributed by atoms with E-state index in [-0.39, 0.29) is 17.9 Å². The predicted octanol–water partition coefficient (Wildman–Crippen LogP) is 1.79. The number of nitrogen functional groups attached to an aromatic ring is 1. The van der Waals surface area contributed by atoms with Crippen molar-refractivity contribution in [1.82, 2.24) is 4.98 Å². The second-order valence-electron chi connectivity index (χ2n) is 3.02. The highest BCUT2D eigenvalue weighted by Gasteiger charge is 2.24. The first kappa shape index (κ1) is 13.1. The summed E-state index contributed by atoms with van der Waals surface area (Å²) in [4.78, 5) is 15.0. The summed E-state index contributed by atoms with van der Waals surface area (Å²) in [6.45, 7) is 1.70. The molecule has 5 nitrogen and oxygen atoms in total.